The molecule has 1 atom stereocenters. The second-order valence-corrected chi connectivity index (χ2v) is 4.33. The number of rotatable bonds is 6. The first kappa shape index (κ1) is 13.9. The molecule has 1 aromatic rings. The zero-order chi connectivity index (χ0) is 12.9. The Kier molecular flexibility index (Phi) is 4.90. The maximum absolute atomic E-state index is 6.28. The van der Waals surface area contributed by atoms with E-state index in [2.05, 4.69) is 18.8 Å². The van der Waals surface area contributed by atoms with Crippen LogP contribution >= 0.6 is 0 Å². The minimum Gasteiger partial charge on any atom is -0.383 e. The zero-order valence-corrected chi connectivity index (χ0v) is 10.9. The van der Waals surface area contributed by atoms with E-state index in [1.165, 1.54) is 0 Å². The number of hydrogen-bond donors (Lipinski definition) is 2. The summed E-state index contributed by atoms with van der Waals surface area (Å²) in [5, 5.41) is 0. The van der Waals surface area contributed by atoms with Crippen molar-refractivity contribution in [3.05, 3.63) is 23.9 Å². The molecule has 0 spiro atoms. The lowest BCUT2D eigenvalue weighted by Gasteiger charge is -2.36. The molecule has 4 heteroatoms. The van der Waals surface area contributed by atoms with Crippen LogP contribution in [0.3, 0.4) is 0 Å². The number of aromatic nitrogens is 1. The van der Waals surface area contributed by atoms with Crippen LogP contribution in [0.15, 0.2) is 18.3 Å². The molecule has 1 unspecified atom stereocenters. The fourth-order valence-corrected chi connectivity index (χ4v) is 2.26. The van der Waals surface area contributed by atoms with Gasteiger partial charge >= 0.3 is 0 Å². The molecule has 0 bridgehead atoms. The molecule has 0 aromatic carbocycles. The van der Waals surface area contributed by atoms with Gasteiger partial charge in [-0.15, -0.1) is 0 Å². The molecule has 96 valence electrons. The Labute approximate surface area is 103 Å². The Morgan fingerprint density at radius 1 is 1.41 bits per heavy atom. The Balaban J connectivity index is 2.84. The number of nitrogens with two attached hydrogens (primary N) is 2. The van der Waals surface area contributed by atoms with Crippen LogP contribution in [0.1, 0.15) is 32.3 Å². The quantitative estimate of drug-likeness (QED) is 0.790. The molecule has 0 aliphatic carbocycles. The summed E-state index contributed by atoms with van der Waals surface area (Å²) in [7, 11) is 1.72. The Morgan fingerprint density at radius 3 is 2.53 bits per heavy atom. The summed E-state index contributed by atoms with van der Waals surface area (Å²) in [6.07, 6.45) is 4.16. The third kappa shape index (κ3) is 2.96. The molecule has 0 radical (unpaired) electrons. The maximum atomic E-state index is 6.28. The fraction of sp³-hybridized carbons (Fsp3) is 0.615. The molecule has 4 nitrogen and oxygen atoms in total. The number of pyridine rings is 1. The molecular weight excluding hydrogens is 214 g/mol. The van der Waals surface area contributed by atoms with Gasteiger partial charge in [-0.3, -0.25) is 0 Å². The lowest BCUT2D eigenvalue weighted by molar-refractivity contribution is -0.0373. The summed E-state index contributed by atoms with van der Waals surface area (Å²) in [6, 6.07) is 3.77. The van der Waals surface area contributed by atoms with Crippen LogP contribution in [0.2, 0.25) is 0 Å². The summed E-state index contributed by atoms with van der Waals surface area (Å²) in [6.45, 7) is 4.19. The van der Waals surface area contributed by atoms with E-state index < -0.39 is 0 Å². The Morgan fingerprint density at radius 2 is 2.06 bits per heavy atom. The van der Waals surface area contributed by atoms with Gasteiger partial charge in [-0.2, -0.15) is 0 Å². The van der Waals surface area contributed by atoms with E-state index in [1.54, 1.807) is 13.3 Å². The van der Waals surface area contributed by atoms with E-state index >= 15 is 0 Å². The van der Waals surface area contributed by atoms with Crippen molar-refractivity contribution < 1.29 is 4.74 Å². The number of hydrogen-bond acceptors (Lipinski definition) is 4. The van der Waals surface area contributed by atoms with Gasteiger partial charge in [-0.1, -0.05) is 19.9 Å². The highest BCUT2D eigenvalue weighted by atomic mass is 16.5. The number of methoxy groups -OCH3 is 1. The first-order valence-electron chi connectivity index (χ1n) is 6.09. The molecule has 1 aromatic heterocycles. The highest BCUT2D eigenvalue weighted by molar-refractivity contribution is 5.39. The van der Waals surface area contributed by atoms with E-state index in [0.717, 1.165) is 18.4 Å². The van der Waals surface area contributed by atoms with Gasteiger partial charge in [0.15, 0.2) is 0 Å². The molecule has 0 aliphatic rings. The molecular formula is C13H23N3O. The van der Waals surface area contributed by atoms with Gasteiger partial charge < -0.3 is 16.2 Å². The number of nitrogens with zero attached hydrogens (tertiary/aromatic N) is 1. The van der Waals surface area contributed by atoms with Crippen LogP contribution in [-0.4, -0.2) is 23.7 Å². The minimum atomic E-state index is -0.276. The Hall–Kier alpha value is -1.13. The molecule has 0 fully saturated rings. The first-order valence-corrected chi connectivity index (χ1v) is 6.09. The molecule has 0 aliphatic heterocycles. The average Bonchev–Trinajstić information content (AvgIpc) is 2.35. The van der Waals surface area contributed by atoms with Crippen LogP contribution in [0.5, 0.6) is 0 Å². The standard InChI is InChI=1S/C13H23N3O/c1-4-13(5-2,17-3)11(14)9-10-7-6-8-16-12(10)15/h6-8,11H,4-5,9,14H2,1-3H3,(H2,15,16). The van der Waals surface area contributed by atoms with Crippen molar-refractivity contribution in [3.63, 3.8) is 0 Å². The second-order valence-electron chi connectivity index (χ2n) is 4.33. The summed E-state index contributed by atoms with van der Waals surface area (Å²) >= 11 is 0. The minimum absolute atomic E-state index is 0.0750. The molecule has 17 heavy (non-hydrogen) atoms. The largest absolute Gasteiger partial charge is 0.383 e. The van der Waals surface area contributed by atoms with Gasteiger partial charge in [0.05, 0.1) is 5.60 Å². The normalized spacial score (nSPS) is 13.6. The lowest BCUT2D eigenvalue weighted by atomic mass is 9.85. The number of ether oxygens (including phenoxy) is 1. The van der Waals surface area contributed by atoms with Crippen LogP contribution in [0.4, 0.5) is 5.82 Å². The summed E-state index contributed by atoms with van der Waals surface area (Å²) in [5.41, 5.74) is 12.8. The molecule has 1 heterocycles. The van der Waals surface area contributed by atoms with Crippen molar-refractivity contribution >= 4 is 5.82 Å². The third-order valence-corrected chi connectivity index (χ3v) is 3.65. The van der Waals surface area contributed by atoms with Crippen molar-refractivity contribution in [2.24, 2.45) is 5.73 Å². The van der Waals surface area contributed by atoms with Crippen LogP contribution < -0.4 is 11.5 Å². The van der Waals surface area contributed by atoms with Gasteiger partial charge in [0.2, 0.25) is 0 Å². The van der Waals surface area contributed by atoms with Gasteiger partial charge in [0.25, 0.3) is 0 Å². The monoisotopic (exact) mass is 237 g/mol. The predicted molar refractivity (Wildman–Crippen MR) is 70.7 cm³/mol. The maximum Gasteiger partial charge on any atom is 0.126 e. The molecule has 0 amide bonds. The van der Waals surface area contributed by atoms with E-state index in [4.69, 9.17) is 16.2 Å². The number of nitrogen functional groups attached to an aromatic ring is 1. The van der Waals surface area contributed by atoms with E-state index in [0.29, 0.717) is 12.2 Å². The Bertz CT molecular complexity index is 342. The first-order chi connectivity index (χ1) is 8.09. The summed E-state index contributed by atoms with van der Waals surface area (Å²) < 4.78 is 5.62. The highest BCUT2D eigenvalue weighted by Crippen LogP contribution is 2.26. The van der Waals surface area contributed by atoms with Crippen molar-refractivity contribution in [2.45, 2.75) is 44.8 Å². The fourth-order valence-electron chi connectivity index (χ4n) is 2.26. The van der Waals surface area contributed by atoms with E-state index in [-0.39, 0.29) is 11.6 Å². The van der Waals surface area contributed by atoms with Crippen molar-refractivity contribution in [3.8, 4) is 0 Å². The molecule has 4 N–H and O–H groups in total. The van der Waals surface area contributed by atoms with Crippen molar-refractivity contribution in [2.75, 3.05) is 12.8 Å². The smallest absolute Gasteiger partial charge is 0.126 e. The average molecular weight is 237 g/mol. The topological polar surface area (TPSA) is 74.2 Å². The van der Waals surface area contributed by atoms with Crippen molar-refractivity contribution in [1.29, 1.82) is 0 Å². The summed E-state index contributed by atoms with van der Waals surface area (Å²) in [4.78, 5) is 4.07. The lowest BCUT2D eigenvalue weighted by Crippen LogP contribution is -2.50. The molecule has 0 saturated carbocycles. The highest BCUT2D eigenvalue weighted by Gasteiger charge is 2.33. The van der Waals surface area contributed by atoms with Gasteiger partial charge in [0.1, 0.15) is 5.82 Å². The van der Waals surface area contributed by atoms with Crippen LogP contribution in [-0.2, 0) is 11.2 Å². The molecule has 1 rings (SSSR count). The van der Waals surface area contributed by atoms with Gasteiger partial charge in [-0.05, 0) is 30.9 Å². The van der Waals surface area contributed by atoms with Gasteiger partial charge in [0, 0.05) is 19.3 Å². The predicted octanol–water partition coefficient (Wildman–Crippen LogP) is 1.74. The summed E-state index contributed by atoms with van der Waals surface area (Å²) in [5.74, 6) is 0.556. The van der Waals surface area contributed by atoms with E-state index in [9.17, 15) is 0 Å². The SMILES string of the molecule is CCC(CC)(OC)C(N)Cc1cccnc1N. The van der Waals surface area contributed by atoms with Crippen LogP contribution in [0.25, 0.3) is 0 Å². The second kappa shape index (κ2) is 5.98. The van der Waals surface area contributed by atoms with Crippen LogP contribution in [0, 0.1) is 0 Å². The zero-order valence-electron chi connectivity index (χ0n) is 10.9. The third-order valence-electron chi connectivity index (χ3n) is 3.65. The van der Waals surface area contributed by atoms with E-state index in [1.807, 2.05) is 12.1 Å². The number of anilines is 1. The van der Waals surface area contributed by atoms with Crippen molar-refractivity contribution in [1.82, 2.24) is 4.98 Å². The van der Waals surface area contributed by atoms with Gasteiger partial charge in [-0.25, -0.2) is 4.98 Å². The molecule has 0 saturated heterocycles.